The van der Waals surface area contributed by atoms with Crippen molar-refractivity contribution in [2.75, 3.05) is 18.0 Å². The molecule has 2 heterocycles. The van der Waals surface area contributed by atoms with Gasteiger partial charge in [-0.15, -0.1) is 11.6 Å². The molecule has 0 radical (unpaired) electrons. The molecule has 1 atom stereocenters. The van der Waals surface area contributed by atoms with Gasteiger partial charge in [-0.05, 0) is 30.9 Å². The highest BCUT2D eigenvalue weighted by Crippen LogP contribution is 2.21. The predicted octanol–water partition coefficient (Wildman–Crippen LogP) is 3.06. The number of rotatable bonds is 2. The number of piperidine rings is 1. The van der Waals surface area contributed by atoms with Crippen molar-refractivity contribution in [1.29, 1.82) is 0 Å². The second-order valence-electron chi connectivity index (χ2n) is 4.31. The fourth-order valence-electron chi connectivity index (χ4n) is 2.11. The van der Waals surface area contributed by atoms with Crippen molar-refractivity contribution in [3.05, 3.63) is 23.9 Å². The smallest absolute Gasteiger partial charge is 0.128 e. The molecule has 1 aliphatic rings. The van der Waals surface area contributed by atoms with Crippen LogP contribution in [0.2, 0.25) is 0 Å². The Morgan fingerprint density at radius 2 is 2.40 bits per heavy atom. The van der Waals surface area contributed by atoms with E-state index in [1.807, 2.05) is 12.1 Å². The van der Waals surface area contributed by atoms with Crippen molar-refractivity contribution >= 4 is 17.4 Å². The summed E-state index contributed by atoms with van der Waals surface area (Å²) in [7, 11) is 0. The highest BCUT2D eigenvalue weighted by molar-refractivity contribution is 6.16. The lowest BCUT2D eigenvalue weighted by molar-refractivity contribution is 0.444. The number of nitrogens with zero attached hydrogens (tertiary/aromatic N) is 2. The number of anilines is 1. The number of hydrogen-bond donors (Lipinski definition) is 0. The van der Waals surface area contributed by atoms with Crippen LogP contribution < -0.4 is 4.90 Å². The summed E-state index contributed by atoms with van der Waals surface area (Å²) >= 11 is 5.79. The average Bonchev–Trinajstić information content (AvgIpc) is 2.29. The SMILES string of the molecule is CC1CCCN(c2cccc(CCl)n2)C1. The minimum Gasteiger partial charge on any atom is -0.356 e. The molecule has 2 rings (SSSR count). The van der Waals surface area contributed by atoms with E-state index in [9.17, 15) is 0 Å². The Kier molecular flexibility index (Phi) is 3.47. The van der Waals surface area contributed by atoms with E-state index in [4.69, 9.17) is 11.6 Å². The summed E-state index contributed by atoms with van der Waals surface area (Å²) < 4.78 is 0. The fourth-order valence-corrected chi connectivity index (χ4v) is 2.26. The van der Waals surface area contributed by atoms with Crippen molar-refractivity contribution in [2.24, 2.45) is 5.92 Å². The average molecular weight is 225 g/mol. The third-order valence-corrected chi connectivity index (χ3v) is 3.18. The van der Waals surface area contributed by atoms with Gasteiger partial charge in [-0.3, -0.25) is 0 Å². The summed E-state index contributed by atoms with van der Waals surface area (Å²) in [5.41, 5.74) is 0.965. The maximum Gasteiger partial charge on any atom is 0.128 e. The van der Waals surface area contributed by atoms with Gasteiger partial charge in [0.25, 0.3) is 0 Å². The van der Waals surface area contributed by atoms with Crippen LogP contribution in [0.15, 0.2) is 18.2 Å². The Labute approximate surface area is 96.3 Å². The molecule has 1 aromatic rings. The van der Waals surface area contributed by atoms with E-state index in [1.54, 1.807) is 0 Å². The number of hydrogen-bond acceptors (Lipinski definition) is 2. The standard InChI is InChI=1S/C12H17ClN2/c1-10-4-3-7-15(9-10)12-6-2-5-11(8-13)14-12/h2,5-6,10H,3-4,7-9H2,1H3. The summed E-state index contributed by atoms with van der Waals surface area (Å²) in [4.78, 5) is 6.91. The fraction of sp³-hybridized carbons (Fsp3) is 0.583. The van der Waals surface area contributed by atoms with E-state index in [0.717, 1.165) is 30.5 Å². The third-order valence-electron chi connectivity index (χ3n) is 2.91. The van der Waals surface area contributed by atoms with Gasteiger partial charge in [-0.2, -0.15) is 0 Å². The largest absolute Gasteiger partial charge is 0.356 e. The minimum atomic E-state index is 0.497. The molecule has 0 N–H and O–H groups in total. The first-order chi connectivity index (χ1) is 7.29. The normalized spacial score (nSPS) is 21.7. The van der Waals surface area contributed by atoms with E-state index < -0.39 is 0 Å². The van der Waals surface area contributed by atoms with Gasteiger partial charge in [0.1, 0.15) is 5.82 Å². The van der Waals surface area contributed by atoms with E-state index in [1.165, 1.54) is 12.8 Å². The van der Waals surface area contributed by atoms with Crippen LogP contribution in [0.5, 0.6) is 0 Å². The van der Waals surface area contributed by atoms with Crippen LogP contribution >= 0.6 is 11.6 Å². The van der Waals surface area contributed by atoms with Crippen LogP contribution in [0, 0.1) is 5.92 Å². The lowest BCUT2D eigenvalue weighted by atomic mass is 10.0. The summed E-state index contributed by atoms with van der Waals surface area (Å²) in [5, 5.41) is 0. The molecule has 1 saturated heterocycles. The zero-order valence-corrected chi connectivity index (χ0v) is 9.87. The highest BCUT2D eigenvalue weighted by atomic mass is 35.5. The first kappa shape index (κ1) is 10.7. The molecule has 82 valence electrons. The first-order valence-corrected chi connectivity index (χ1v) is 6.10. The summed E-state index contributed by atoms with van der Waals surface area (Å²) in [6.45, 7) is 4.55. The van der Waals surface area contributed by atoms with Crippen LogP contribution in [0.25, 0.3) is 0 Å². The molecular weight excluding hydrogens is 208 g/mol. The van der Waals surface area contributed by atoms with Gasteiger partial charge in [0, 0.05) is 13.1 Å². The van der Waals surface area contributed by atoms with Gasteiger partial charge in [0.05, 0.1) is 11.6 Å². The number of alkyl halides is 1. The summed E-state index contributed by atoms with van der Waals surface area (Å²) in [5.74, 6) is 2.36. The van der Waals surface area contributed by atoms with Crippen LogP contribution in [0.4, 0.5) is 5.82 Å². The monoisotopic (exact) mass is 224 g/mol. The van der Waals surface area contributed by atoms with Gasteiger partial charge in [0.15, 0.2) is 0 Å². The zero-order valence-electron chi connectivity index (χ0n) is 9.12. The molecule has 15 heavy (non-hydrogen) atoms. The lowest BCUT2D eigenvalue weighted by Crippen LogP contribution is -2.34. The first-order valence-electron chi connectivity index (χ1n) is 5.56. The van der Waals surface area contributed by atoms with Crippen molar-refractivity contribution in [2.45, 2.75) is 25.6 Å². The molecule has 0 aliphatic carbocycles. The number of pyridine rings is 1. The quantitative estimate of drug-likeness (QED) is 0.718. The molecule has 1 unspecified atom stereocenters. The van der Waals surface area contributed by atoms with Gasteiger partial charge in [0.2, 0.25) is 0 Å². The van der Waals surface area contributed by atoms with Crippen LogP contribution in [-0.2, 0) is 5.88 Å². The number of aromatic nitrogens is 1. The Bertz CT molecular complexity index is 327. The molecule has 0 saturated carbocycles. The Hall–Kier alpha value is -0.760. The lowest BCUT2D eigenvalue weighted by Gasteiger charge is -2.32. The molecule has 0 aromatic carbocycles. The predicted molar refractivity (Wildman–Crippen MR) is 64.4 cm³/mol. The molecule has 0 bridgehead atoms. The van der Waals surface area contributed by atoms with Crippen molar-refractivity contribution in [3.63, 3.8) is 0 Å². The van der Waals surface area contributed by atoms with Crippen molar-refractivity contribution in [3.8, 4) is 0 Å². The molecule has 1 fully saturated rings. The van der Waals surface area contributed by atoms with Gasteiger partial charge < -0.3 is 4.90 Å². The van der Waals surface area contributed by atoms with E-state index in [2.05, 4.69) is 22.9 Å². The van der Waals surface area contributed by atoms with E-state index >= 15 is 0 Å². The third kappa shape index (κ3) is 2.63. The molecule has 0 amide bonds. The van der Waals surface area contributed by atoms with E-state index in [-0.39, 0.29) is 0 Å². The Balaban J connectivity index is 2.13. The number of halogens is 1. The molecule has 1 aromatic heterocycles. The van der Waals surface area contributed by atoms with Gasteiger partial charge in [-0.1, -0.05) is 13.0 Å². The Morgan fingerprint density at radius 1 is 1.53 bits per heavy atom. The summed E-state index contributed by atoms with van der Waals surface area (Å²) in [6.07, 6.45) is 2.61. The van der Waals surface area contributed by atoms with Crippen molar-refractivity contribution in [1.82, 2.24) is 4.98 Å². The molecular formula is C12H17ClN2. The Morgan fingerprint density at radius 3 is 3.13 bits per heavy atom. The zero-order chi connectivity index (χ0) is 10.7. The maximum absolute atomic E-state index is 5.79. The van der Waals surface area contributed by atoms with Crippen LogP contribution in [0.3, 0.4) is 0 Å². The van der Waals surface area contributed by atoms with E-state index in [0.29, 0.717) is 5.88 Å². The molecule has 1 aliphatic heterocycles. The van der Waals surface area contributed by atoms with Crippen molar-refractivity contribution < 1.29 is 0 Å². The molecule has 0 spiro atoms. The second kappa shape index (κ2) is 4.84. The maximum atomic E-state index is 5.79. The van der Waals surface area contributed by atoms with Gasteiger partial charge >= 0.3 is 0 Å². The molecule has 2 nitrogen and oxygen atoms in total. The van der Waals surface area contributed by atoms with Crippen LogP contribution in [0.1, 0.15) is 25.5 Å². The second-order valence-corrected chi connectivity index (χ2v) is 4.58. The molecule has 3 heteroatoms. The summed E-state index contributed by atoms with van der Waals surface area (Å²) in [6, 6.07) is 6.09. The topological polar surface area (TPSA) is 16.1 Å². The van der Waals surface area contributed by atoms with Crippen LogP contribution in [-0.4, -0.2) is 18.1 Å². The minimum absolute atomic E-state index is 0.497. The van der Waals surface area contributed by atoms with Gasteiger partial charge in [-0.25, -0.2) is 4.98 Å². The highest BCUT2D eigenvalue weighted by Gasteiger charge is 2.17.